The second kappa shape index (κ2) is 8.30. The lowest BCUT2D eigenvalue weighted by Crippen LogP contribution is -2.16. The van der Waals surface area contributed by atoms with Crippen LogP contribution in [0.15, 0.2) is 41.5 Å². The van der Waals surface area contributed by atoms with Gasteiger partial charge in [-0.2, -0.15) is 5.10 Å². The Balaban J connectivity index is 1.78. The zero-order chi connectivity index (χ0) is 19.6. The van der Waals surface area contributed by atoms with Gasteiger partial charge in [-0.3, -0.25) is 4.79 Å². The summed E-state index contributed by atoms with van der Waals surface area (Å²) >= 11 is 13.9. The van der Waals surface area contributed by atoms with Crippen molar-refractivity contribution in [1.29, 1.82) is 0 Å². The molecule has 0 saturated heterocycles. The van der Waals surface area contributed by atoms with Crippen molar-refractivity contribution in [3.05, 3.63) is 62.4 Å². The zero-order valence-corrected chi connectivity index (χ0v) is 17.4. The molecule has 3 rings (SSSR count). The molecule has 1 aromatic heterocycles. The fourth-order valence-electron chi connectivity index (χ4n) is 2.57. The monoisotopic (exact) mass is 420 g/mol. The maximum absolute atomic E-state index is 12.5. The molecule has 2 aromatic carbocycles. The maximum atomic E-state index is 12.5. The van der Waals surface area contributed by atoms with E-state index in [0.29, 0.717) is 36.7 Å². The summed E-state index contributed by atoms with van der Waals surface area (Å²) in [4.78, 5) is 12.8. The summed E-state index contributed by atoms with van der Waals surface area (Å²) in [5.41, 5.74) is 4.67. The number of fused-ring (bicyclic) bond motifs is 1. The van der Waals surface area contributed by atoms with Gasteiger partial charge in [-0.15, -0.1) is 11.3 Å². The summed E-state index contributed by atoms with van der Waals surface area (Å²) in [6, 6.07) is 11.5. The molecule has 0 unspecified atom stereocenters. The van der Waals surface area contributed by atoms with E-state index < -0.39 is 0 Å². The number of methoxy groups -OCH3 is 1. The van der Waals surface area contributed by atoms with Crippen molar-refractivity contribution < 1.29 is 9.53 Å². The molecule has 0 radical (unpaired) electrons. The molecule has 7 heteroatoms. The van der Waals surface area contributed by atoms with E-state index in [1.54, 1.807) is 18.3 Å². The van der Waals surface area contributed by atoms with Crippen molar-refractivity contribution in [1.82, 2.24) is 5.43 Å². The van der Waals surface area contributed by atoms with E-state index >= 15 is 0 Å². The first-order chi connectivity index (χ1) is 12.9. The minimum absolute atomic E-state index is 0.355. The molecule has 0 bridgehead atoms. The largest absolute Gasteiger partial charge is 0.495 e. The maximum Gasteiger partial charge on any atom is 0.283 e. The van der Waals surface area contributed by atoms with E-state index in [9.17, 15) is 4.79 Å². The first-order valence-corrected chi connectivity index (χ1v) is 9.87. The second-order valence-corrected chi connectivity index (χ2v) is 8.00. The predicted octanol–water partition coefficient (Wildman–Crippen LogP) is 6.10. The van der Waals surface area contributed by atoms with Gasteiger partial charge in [-0.1, -0.05) is 61.3 Å². The molecule has 0 aliphatic carbocycles. The van der Waals surface area contributed by atoms with E-state index in [-0.39, 0.29) is 5.91 Å². The third-order valence-electron chi connectivity index (χ3n) is 4.11. The lowest BCUT2D eigenvalue weighted by molar-refractivity contribution is 0.0959. The normalized spacial score (nSPS) is 11.5. The van der Waals surface area contributed by atoms with Crippen molar-refractivity contribution in [3.63, 3.8) is 0 Å². The summed E-state index contributed by atoms with van der Waals surface area (Å²) in [7, 11) is 1.54. The Morgan fingerprint density at radius 2 is 1.85 bits per heavy atom. The van der Waals surface area contributed by atoms with E-state index in [4.69, 9.17) is 27.9 Å². The van der Waals surface area contributed by atoms with Gasteiger partial charge >= 0.3 is 0 Å². The Hall–Kier alpha value is -2.08. The van der Waals surface area contributed by atoms with Gasteiger partial charge in [0, 0.05) is 5.39 Å². The van der Waals surface area contributed by atoms with Gasteiger partial charge in [-0.05, 0) is 29.2 Å². The molecule has 0 aliphatic rings. The van der Waals surface area contributed by atoms with Crippen LogP contribution >= 0.6 is 34.5 Å². The van der Waals surface area contributed by atoms with Crippen molar-refractivity contribution in [2.24, 2.45) is 5.10 Å². The van der Waals surface area contributed by atoms with Crippen molar-refractivity contribution >= 4 is 56.7 Å². The van der Waals surface area contributed by atoms with Gasteiger partial charge in [0.1, 0.15) is 15.6 Å². The van der Waals surface area contributed by atoms with Crippen molar-refractivity contribution in [3.8, 4) is 5.75 Å². The molecular weight excluding hydrogens is 403 g/mol. The molecule has 1 amide bonds. The van der Waals surface area contributed by atoms with Gasteiger partial charge in [0.05, 0.1) is 23.0 Å². The molecule has 0 aliphatic heterocycles. The minimum Gasteiger partial charge on any atom is -0.495 e. The summed E-state index contributed by atoms with van der Waals surface area (Å²) in [6.07, 6.45) is 1.60. The quantitative estimate of drug-likeness (QED) is 0.400. The average Bonchev–Trinajstić information content (AvgIpc) is 3.00. The third-order valence-corrected chi connectivity index (χ3v) is 6.32. The lowest BCUT2D eigenvalue weighted by atomic mass is 10.0. The molecule has 27 heavy (non-hydrogen) atoms. The number of hydrogen-bond acceptors (Lipinski definition) is 4. The number of halogens is 2. The summed E-state index contributed by atoms with van der Waals surface area (Å²) < 4.78 is 5.91. The molecule has 1 N–H and O–H groups in total. The van der Waals surface area contributed by atoms with Gasteiger partial charge in [0.2, 0.25) is 0 Å². The Morgan fingerprint density at radius 3 is 2.48 bits per heavy atom. The fourth-order valence-corrected chi connectivity index (χ4v) is 4.35. The van der Waals surface area contributed by atoms with E-state index in [2.05, 4.69) is 24.4 Å². The van der Waals surface area contributed by atoms with Crippen LogP contribution in [-0.4, -0.2) is 19.2 Å². The molecule has 0 spiro atoms. The van der Waals surface area contributed by atoms with E-state index in [1.807, 2.05) is 24.3 Å². The highest BCUT2D eigenvalue weighted by atomic mass is 35.5. The Kier molecular flexibility index (Phi) is 6.05. The molecule has 1 heterocycles. The van der Waals surface area contributed by atoms with Crippen LogP contribution < -0.4 is 10.2 Å². The predicted molar refractivity (Wildman–Crippen MR) is 114 cm³/mol. The van der Waals surface area contributed by atoms with Crippen LogP contribution in [0.2, 0.25) is 10.0 Å². The minimum atomic E-state index is -0.383. The van der Waals surface area contributed by atoms with Gasteiger partial charge in [0.15, 0.2) is 0 Å². The molecule has 4 nitrogen and oxygen atoms in total. The standard InChI is InChI=1S/C20H18Cl2N2O2S/c1-11(2)13-6-4-12(5-7-13)10-23-24-20(25)19-16(21)14-8-9-15(26-3)17(22)18(14)27-19/h4-11H,1-3H3,(H,24,25)/b23-10+. The summed E-state index contributed by atoms with van der Waals surface area (Å²) in [5.74, 6) is 0.624. The number of carbonyl (C=O) groups is 1. The highest BCUT2D eigenvalue weighted by Crippen LogP contribution is 2.42. The average molecular weight is 421 g/mol. The zero-order valence-electron chi connectivity index (χ0n) is 15.0. The first kappa shape index (κ1) is 19.7. The smallest absolute Gasteiger partial charge is 0.283 e. The number of thiophene rings is 1. The number of rotatable bonds is 5. The van der Waals surface area contributed by atoms with Gasteiger partial charge < -0.3 is 4.74 Å². The van der Waals surface area contributed by atoms with Crippen LogP contribution in [0.1, 0.15) is 40.6 Å². The number of benzene rings is 2. The third kappa shape index (κ3) is 4.10. The molecule has 0 saturated carbocycles. The second-order valence-electron chi connectivity index (χ2n) is 6.22. The van der Waals surface area contributed by atoms with Crippen LogP contribution in [0.4, 0.5) is 0 Å². The highest BCUT2D eigenvalue weighted by Gasteiger charge is 2.20. The summed E-state index contributed by atoms with van der Waals surface area (Å²) in [6.45, 7) is 4.28. The van der Waals surface area contributed by atoms with E-state index in [1.165, 1.54) is 24.0 Å². The van der Waals surface area contributed by atoms with Crippen molar-refractivity contribution in [2.45, 2.75) is 19.8 Å². The van der Waals surface area contributed by atoms with Crippen molar-refractivity contribution in [2.75, 3.05) is 7.11 Å². The topological polar surface area (TPSA) is 50.7 Å². The van der Waals surface area contributed by atoms with E-state index in [0.717, 1.165) is 5.56 Å². The molecular formula is C20H18Cl2N2O2S. The number of hydrazone groups is 1. The number of nitrogens with zero attached hydrogens (tertiary/aromatic N) is 1. The van der Waals surface area contributed by atoms with Crippen LogP contribution in [0.25, 0.3) is 10.1 Å². The number of ether oxygens (including phenoxy) is 1. The number of amides is 1. The Labute approximate surface area is 171 Å². The van der Waals surface area contributed by atoms with Crippen LogP contribution in [-0.2, 0) is 0 Å². The summed E-state index contributed by atoms with van der Waals surface area (Å²) in [5, 5.41) is 5.53. The van der Waals surface area contributed by atoms with Gasteiger partial charge in [0.25, 0.3) is 5.91 Å². The van der Waals surface area contributed by atoms with Gasteiger partial charge in [-0.25, -0.2) is 5.43 Å². The van der Waals surface area contributed by atoms with Crippen LogP contribution in [0, 0.1) is 0 Å². The van der Waals surface area contributed by atoms with Crippen LogP contribution in [0.3, 0.4) is 0 Å². The van der Waals surface area contributed by atoms with Crippen LogP contribution in [0.5, 0.6) is 5.75 Å². The molecule has 3 aromatic rings. The molecule has 0 atom stereocenters. The number of hydrogen-bond donors (Lipinski definition) is 1. The SMILES string of the molecule is COc1ccc2c(Cl)c(C(=O)N/N=C/c3ccc(C(C)C)cc3)sc2c1Cl. The Bertz CT molecular complexity index is 1010. The molecule has 140 valence electrons. The number of carbonyl (C=O) groups excluding carboxylic acids is 1. The Morgan fingerprint density at radius 1 is 1.15 bits per heavy atom. The molecule has 0 fully saturated rings. The first-order valence-electron chi connectivity index (χ1n) is 8.30. The lowest BCUT2D eigenvalue weighted by Gasteiger charge is -2.04. The fraction of sp³-hybridized carbons (Fsp3) is 0.200. The highest BCUT2D eigenvalue weighted by molar-refractivity contribution is 7.22. The number of nitrogens with one attached hydrogen (secondary N) is 1.